The summed E-state index contributed by atoms with van der Waals surface area (Å²) >= 11 is 3.47. The third kappa shape index (κ3) is 4.75. The second kappa shape index (κ2) is 7.77. The first-order valence-corrected chi connectivity index (χ1v) is 9.04. The van der Waals surface area contributed by atoms with Gasteiger partial charge in [-0.15, -0.1) is 0 Å². The summed E-state index contributed by atoms with van der Waals surface area (Å²) in [6.07, 6.45) is -0.299. The van der Waals surface area contributed by atoms with Crippen LogP contribution in [0.3, 0.4) is 0 Å². The zero-order chi connectivity index (χ0) is 17.9. The molecule has 0 spiro atoms. The van der Waals surface area contributed by atoms with Crippen molar-refractivity contribution in [1.82, 2.24) is 0 Å². The number of benzene rings is 2. The summed E-state index contributed by atoms with van der Waals surface area (Å²) in [5.41, 5.74) is 2.06. The average molecular weight is 407 g/mol. The highest BCUT2D eigenvalue weighted by molar-refractivity contribution is 9.10. The zero-order valence-corrected chi connectivity index (χ0v) is 16.3. The van der Waals surface area contributed by atoms with Gasteiger partial charge in [0.1, 0.15) is 18.1 Å². The smallest absolute Gasteiger partial charge is 0.183 e. The van der Waals surface area contributed by atoms with Crippen molar-refractivity contribution in [2.45, 2.75) is 26.7 Å². The zero-order valence-electron chi connectivity index (χ0n) is 14.8. The molecule has 0 radical (unpaired) electrons. The molecule has 0 unspecified atom stereocenters. The van der Waals surface area contributed by atoms with E-state index in [0.717, 1.165) is 27.1 Å². The minimum absolute atomic E-state index is 0.0720. The molecule has 1 aliphatic heterocycles. The molecule has 1 fully saturated rings. The van der Waals surface area contributed by atoms with E-state index in [-0.39, 0.29) is 11.7 Å². The molecule has 0 aliphatic carbocycles. The van der Waals surface area contributed by atoms with Gasteiger partial charge in [0, 0.05) is 21.0 Å². The Hall–Kier alpha value is -1.56. The van der Waals surface area contributed by atoms with Gasteiger partial charge in [0.05, 0.1) is 20.3 Å². The molecule has 0 atom stereocenters. The Morgan fingerprint density at radius 3 is 2.40 bits per heavy atom. The van der Waals surface area contributed by atoms with E-state index in [1.165, 1.54) is 0 Å². The lowest BCUT2D eigenvalue weighted by atomic mass is 9.95. The van der Waals surface area contributed by atoms with E-state index < -0.39 is 0 Å². The Kier molecular flexibility index (Phi) is 5.67. The number of halogens is 1. The van der Waals surface area contributed by atoms with Gasteiger partial charge in [0.15, 0.2) is 6.29 Å². The van der Waals surface area contributed by atoms with Crippen LogP contribution in [0, 0.1) is 5.41 Å². The summed E-state index contributed by atoms with van der Waals surface area (Å²) in [5.74, 6) is 1.60. The molecular weight excluding hydrogens is 384 g/mol. The first-order valence-electron chi connectivity index (χ1n) is 8.25. The van der Waals surface area contributed by atoms with Gasteiger partial charge in [-0.1, -0.05) is 41.9 Å². The number of rotatable bonds is 5. The van der Waals surface area contributed by atoms with Crippen molar-refractivity contribution in [3.63, 3.8) is 0 Å². The summed E-state index contributed by atoms with van der Waals surface area (Å²) in [4.78, 5) is 0. The van der Waals surface area contributed by atoms with E-state index in [9.17, 15) is 0 Å². The van der Waals surface area contributed by atoms with Gasteiger partial charge in [-0.3, -0.25) is 0 Å². The van der Waals surface area contributed by atoms with Crippen LogP contribution in [0.2, 0.25) is 0 Å². The Morgan fingerprint density at radius 2 is 1.76 bits per heavy atom. The van der Waals surface area contributed by atoms with Gasteiger partial charge in [-0.05, 0) is 30.3 Å². The Morgan fingerprint density at radius 1 is 1.08 bits per heavy atom. The maximum atomic E-state index is 5.88. The molecule has 4 nitrogen and oxygen atoms in total. The normalized spacial score (nSPS) is 17.3. The maximum absolute atomic E-state index is 5.88. The fraction of sp³-hybridized carbons (Fsp3) is 0.400. The summed E-state index contributed by atoms with van der Waals surface area (Å²) < 4.78 is 23.9. The van der Waals surface area contributed by atoms with Crippen LogP contribution < -0.4 is 9.47 Å². The molecule has 0 bridgehead atoms. The number of hydrogen-bond acceptors (Lipinski definition) is 4. The monoisotopic (exact) mass is 406 g/mol. The number of hydrogen-bond donors (Lipinski definition) is 0. The summed E-state index contributed by atoms with van der Waals surface area (Å²) in [6, 6.07) is 13.7. The van der Waals surface area contributed by atoms with Crippen LogP contribution in [-0.2, 0) is 16.1 Å². The Bertz CT molecular complexity index is 702. The minimum Gasteiger partial charge on any atom is -0.496 e. The molecule has 2 aromatic carbocycles. The second-order valence-electron chi connectivity index (χ2n) is 6.93. The highest BCUT2D eigenvalue weighted by Crippen LogP contribution is 2.32. The standard InChI is InChI=1S/C20H23BrO4/c1-20(2)12-24-19(25-13-20)14-4-7-17(8-5-14)23-11-15-10-16(21)6-9-18(15)22-3/h4-10,19H,11-13H2,1-3H3. The molecule has 1 saturated heterocycles. The van der Waals surface area contributed by atoms with Gasteiger partial charge in [0.25, 0.3) is 0 Å². The summed E-state index contributed by atoms with van der Waals surface area (Å²) in [5, 5.41) is 0. The predicted molar refractivity (Wildman–Crippen MR) is 99.9 cm³/mol. The third-order valence-electron chi connectivity index (χ3n) is 4.04. The fourth-order valence-electron chi connectivity index (χ4n) is 2.63. The van der Waals surface area contributed by atoms with Crippen LogP contribution in [0.1, 0.15) is 31.3 Å². The molecule has 0 amide bonds. The minimum atomic E-state index is -0.299. The third-order valence-corrected chi connectivity index (χ3v) is 4.53. The molecule has 134 valence electrons. The lowest BCUT2D eigenvalue weighted by Gasteiger charge is -2.34. The molecule has 0 N–H and O–H groups in total. The van der Waals surface area contributed by atoms with Crippen molar-refractivity contribution < 1.29 is 18.9 Å². The van der Waals surface area contributed by atoms with Gasteiger partial charge in [0.2, 0.25) is 0 Å². The second-order valence-corrected chi connectivity index (χ2v) is 7.85. The first-order chi connectivity index (χ1) is 12.0. The molecule has 3 rings (SSSR count). The van der Waals surface area contributed by atoms with E-state index in [0.29, 0.717) is 19.8 Å². The maximum Gasteiger partial charge on any atom is 0.183 e. The largest absolute Gasteiger partial charge is 0.496 e. The van der Waals surface area contributed by atoms with Crippen LogP contribution >= 0.6 is 15.9 Å². The van der Waals surface area contributed by atoms with Crippen LogP contribution in [0.5, 0.6) is 11.5 Å². The summed E-state index contributed by atoms with van der Waals surface area (Å²) in [6.45, 7) is 6.09. The number of ether oxygens (including phenoxy) is 4. The van der Waals surface area contributed by atoms with Crippen molar-refractivity contribution in [2.24, 2.45) is 5.41 Å². The lowest BCUT2D eigenvalue weighted by Crippen LogP contribution is -2.33. The molecule has 1 heterocycles. The van der Waals surface area contributed by atoms with Gasteiger partial charge in [-0.25, -0.2) is 0 Å². The van der Waals surface area contributed by atoms with Crippen LogP contribution in [0.4, 0.5) is 0 Å². The first kappa shape index (κ1) is 18.2. The van der Waals surface area contributed by atoms with E-state index in [1.54, 1.807) is 7.11 Å². The molecule has 5 heteroatoms. The highest BCUT2D eigenvalue weighted by Gasteiger charge is 2.29. The summed E-state index contributed by atoms with van der Waals surface area (Å²) in [7, 11) is 1.66. The molecular formula is C20H23BrO4. The van der Waals surface area contributed by atoms with Crippen molar-refractivity contribution in [2.75, 3.05) is 20.3 Å². The highest BCUT2D eigenvalue weighted by atomic mass is 79.9. The fourth-order valence-corrected chi connectivity index (χ4v) is 3.04. The van der Waals surface area contributed by atoms with Gasteiger partial charge < -0.3 is 18.9 Å². The van der Waals surface area contributed by atoms with Gasteiger partial charge in [-0.2, -0.15) is 0 Å². The van der Waals surface area contributed by atoms with Crippen molar-refractivity contribution in [3.8, 4) is 11.5 Å². The molecule has 2 aromatic rings. The average Bonchev–Trinajstić information content (AvgIpc) is 2.61. The van der Waals surface area contributed by atoms with E-state index in [2.05, 4.69) is 29.8 Å². The molecule has 0 aromatic heterocycles. The SMILES string of the molecule is COc1ccc(Br)cc1COc1ccc(C2OCC(C)(C)CO2)cc1. The Balaban J connectivity index is 1.61. The molecule has 1 aliphatic rings. The lowest BCUT2D eigenvalue weighted by molar-refractivity contribution is -0.226. The quantitative estimate of drug-likeness (QED) is 0.691. The number of methoxy groups -OCH3 is 1. The van der Waals surface area contributed by atoms with Crippen molar-refractivity contribution in [1.29, 1.82) is 0 Å². The molecule has 25 heavy (non-hydrogen) atoms. The van der Waals surface area contributed by atoms with E-state index >= 15 is 0 Å². The van der Waals surface area contributed by atoms with Crippen molar-refractivity contribution >= 4 is 15.9 Å². The predicted octanol–water partition coefficient (Wildman–Crippen LogP) is 5.11. The molecule has 0 saturated carbocycles. The van der Waals surface area contributed by atoms with Crippen LogP contribution in [0.15, 0.2) is 46.9 Å². The van der Waals surface area contributed by atoms with E-state index in [4.69, 9.17) is 18.9 Å². The Labute approximate surface area is 157 Å². The topological polar surface area (TPSA) is 36.9 Å². The van der Waals surface area contributed by atoms with Crippen LogP contribution in [-0.4, -0.2) is 20.3 Å². The van der Waals surface area contributed by atoms with Crippen LogP contribution in [0.25, 0.3) is 0 Å². The van der Waals surface area contributed by atoms with Crippen molar-refractivity contribution in [3.05, 3.63) is 58.1 Å². The van der Waals surface area contributed by atoms with Gasteiger partial charge >= 0.3 is 0 Å². The van der Waals surface area contributed by atoms with E-state index in [1.807, 2.05) is 42.5 Å².